The number of hydrogen-bond acceptors (Lipinski definition) is 1. The van der Waals surface area contributed by atoms with Gasteiger partial charge < -0.3 is 0 Å². The molecule has 1 heteroatoms. The van der Waals surface area contributed by atoms with Crippen LogP contribution in [0.25, 0.3) is 0 Å². The summed E-state index contributed by atoms with van der Waals surface area (Å²) in [5.74, 6) is 0. The van der Waals surface area contributed by atoms with E-state index >= 15 is 0 Å². The Morgan fingerprint density at radius 1 is 1.08 bits per heavy atom. The topological polar surface area (TPSA) is 0 Å². The molecule has 0 aliphatic carbocycles. The summed E-state index contributed by atoms with van der Waals surface area (Å²) in [5, 5.41) is 0.507. The van der Waals surface area contributed by atoms with E-state index in [0.717, 1.165) is 19.3 Å². The maximum absolute atomic E-state index is 4.49. The Balaban J connectivity index is 2.58. The van der Waals surface area contributed by atoms with Gasteiger partial charge in [0.25, 0.3) is 0 Å². The second-order valence-corrected chi connectivity index (χ2v) is 4.17. The molecule has 1 aromatic rings. The highest BCUT2D eigenvalue weighted by molar-refractivity contribution is 7.80. The fraction of sp³-hybridized carbons (Fsp3) is 0.500. The number of benzene rings is 1. The maximum atomic E-state index is 4.49. The Morgan fingerprint density at radius 2 is 1.62 bits per heavy atom. The van der Waals surface area contributed by atoms with Crippen LogP contribution in [0.3, 0.4) is 0 Å². The summed E-state index contributed by atoms with van der Waals surface area (Å²) in [4.78, 5) is 0. The van der Waals surface area contributed by atoms with E-state index in [1.807, 2.05) is 0 Å². The lowest BCUT2D eigenvalue weighted by Gasteiger charge is -2.07. The molecular formula is C12H18S. The Kier molecular flexibility index (Phi) is 4.37. The standard InChI is InChI=1S/C12H18S/c1-3-10-5-7-11(8-6-10)9-12(13)4-2/h5-8,12-13H,3-4,9H2,1-2H3. The highest BCUT2D eigenvalue weighted by atomic mass is 32.1. The molecular weight excluding hydrogens is 176 g/mol. The molecule has 0 bridgehead atoms. The predicted molar refractivity (Wildman–Crippen MR) is 62.6 cm³/mol. The Bertz CT molecular complexity index is 238. The molecule has 1 aromatic carbocycles. The summed E-state index contributed by atoms with van der Waals surface area (Å²) in [6.45, 7) is 4.36. The van der Waals surface area contributed by atoms with Crippen LogP contribution in [-0.2, 0) is 12.8 Å². The van der Waals surface area contributed by atoms with E-state index in [1.165, 1.54) is 11.1 Å². The van der Waals surface area contributed by atoms with E-state index in [-0.39, 0.29) is 0 Å². The van der Waals surface area contributed by atoms with Crippen molar-refractivity contribution >= 4 is 12.6 Å². The third-order valence-electron chi connectivity index (χ3n) is 2.37. The van der Waals surface area contributed by atoms with Gasteiger partial charge in [0.2, 0.25) is 0 Å². The van der Waals surface area contributed by atoms with Crippen LogP contribution >= 0.6 is 12.6 Å². The summed E-state index contributed by atoms with van der Waals surface area (Å²) in [7, 11) is 0. The van der Waals surface area contributed by atoms with E-state index in [9.17, 15) is 0 Å². The normalized spacial score (nSPS) is 12.8. The van der Waals surface area contributed by atoms with Gasteiger partial charge in [0.15, 0.2) is 0 Å². The molecule has 0 aromatic heterocycles. The summed E-state index contributed by atoms with van der Waals surface area (Å²) in [6, 6.07) is 8.87. The minimum atomic E-state index is 0.507. The summed E-state index contributed by atoms with van der Waals surface area (Å²) < 4.78 is 0. The highest BCUT2D eigenvalue weighted by Gasteiger charge is 2.00. The van der Waals surface area contributed by atoms with Gasteiger partial charge in [-0.25, -0.2) is 0 Å². The van der Waals surface area contributed by atoms with Crippen LogP contribution < -0.4 is 0 Å². The Hall–Kier alpha value is -0.430. The number of thiol groups is 1. The van der Waals surface area contributed by atoms with Gasteiger partial charge in [0.1, 0.15) is 0 Å². The van der Waals surface area contributed by atoms with Crippen LogP contribution in [0.2, 0.25) is 0 Å². The van der Waals surface area contributed by atoms with E-state index in [4.69, 9.17) is 0 Å². The zero-order valence-electron chi connectivity index (χ0n) is 8.46. The van der Waals surface area contributed by atoms with Crippen molar-refractivity contribution in [3.05, 3.63) is 35.4 Å². The molecule has 0 nitrogen and oxygen atoms in total. The van der Waals surface area contributed by atoms with Crippen molar-refractivity contribution in [2.24, 2.45) is 0 Å². The molecule has 13 heavy (non-hydrogen) atoms. The first-order valence-corrected chi connectivity index (χ1v) is 5.53. The predicted octanol–water partition coefficient (Wildman–Crippen LogP) is 3.50. The first-order chi connectivity index (χ1) is 6.26. The lowest BCUT2D eigenvalue weighted by Crippen LogP contribution is -2.01. The van der Waals surface area contributed by atoms with E-state index in [2.05, 4.69) is 50.7 Å². The number of hydrogen-bond donors (Lipinski definition) is 1. The minimum absolute atomic E-state index is 0.507. The first-order valence-electron chi connectivity index (χ1n) is 5.02. The van der Waals surface area contributed by atoms with Crippen molar-refractivity contribution in [3.63, 3.8) is 0 Å². The molecule has 0 heterocycles. The molecule has 1 unspecified atom stereocenters. The van der Waals surface area contributed by atoms with Gasteiger partial charge >= 0.3 is 0 Å². The van der Waals surface area contributed by atoms with Gasteiger partial charge in [-0.1, -0.05) is 38.1 Å². The third kappa shape index (κ3) is 3.43. The lowest BCUT2D eigenvalue weighted by molar-refractivity contribution is 0.821. The zero-order chi connectivity index (χ0) is 9.68. The van der Waals surface area contributed by atoms with Gasteiger partial charge in [-0.3, -0.25) is 0 Å². The third-order valence-corrected chi connectivity index (χ3v) is 2.92. The van der Waals surface area contributed by atoms with Crippen molar-refractivity contribution in [2.75, 3.05) is 0 Å². The molecule has 1 rings (SSSR count). The number of rotatable bonds is 4. The first kappa shape index (κ1) is 10.6. The smallest absolute Gasteiger partial charge is 0.00545 e. The molecule has 0 fully saturated rings. The van der Waals surface area contributed by atoms with Crippen LogP contribution in [0.5, 0.6) is 0 Å². The van der Waals surface area contributed by atoms with Gasteiger partial charge in [-0.05, 0) is 30.4 Å². The molecule has 0 radical (unpaired) electrons. The Labute approximate surface area is 86.8 Å². The monoisotopic (exact) mass is 194 g/mol. The molecule has 0 aliphatic heterocycles. The van der Waals surface area contributed by atoms with Crippen LogP contribution in [0.15, 0.2) is 24.3 Å². The minimum Gasteiger partial charge on any atom is -0.176 e. The molecule has 0 amide bonds. The quantitative estimate of drug-likeness (QED) is 0.697. The summed E-state index contributed by atoms with van der Waals surface area (Å²) >= 11 is 4.49. The van der Waals surface area contributed by atoms with Crippen molar-refractivity contribution in [3.8, 4) is 0 Å². The SMILES string of the molecule is CCc1ccc(CC(S)CC)cc1. The second kappa shape index (κ2) is 5.33. The van der Waals surface area contributed by atoms with Gasteiger partial charge in [0.05, 0.1) is 0 Å². The van der Waals surface area contributed by atoms with Gasteiger partial charge in [-0.15, -0.1) is 0 Å². The summed E-state index contributed by atoms with van der Waals surface area (Å²) in [6.07, 6.45) is 3.35. The maximum Gasteiger partial charge on any atom is 0.00545 e. The van der Waals surface area contributed by atoms with Gasteiger partial charge in [0, 0.05) is 5.25 Å². The molecule has 0 saturated carbocycles. The molecule has 0 saturated heterocycles. The second-order valence-electron chi connectivity index (χ2n) is 3.44. The molecule has 0 N–H and O–H groups in total. The average Bonchev–Trinajstić information content (AvgIpc) is 2.19. The molecule has 0 spiro atoms. The fourth-order valence-electron chi connectivity index (χ4n) is 1.33. The number of aryl methyl sites for hydroxylation is 1. The highest BCUT2D eigenvalue weighted by Crippen LogP contribution is 2.12. The fourth-order valence-corrected chi connectivity index (χ4v) is 1.54. The molecule has 72 valence electrons. The van der Waals surface area contributed by atoms with Crippen LogP contribution in [0, 0.1) is 0 Å². The molecule has 1 atom stereocenters. The van der Waals surface area contributed by atoms with Crippen molar-refractivity contribution in [1.29, 1.82) is 0 Å². The Morgan fingerprint density at radius 3 is 2.08 bits per heavy atom. The van der Waals surface area contributed by atoms with Crippen LogP contribution in [-0.4, -0.2) is 5.25 Å². The lowest BCUT2D eigenvalue weighted by atomic mass is 10.1. The van der Waals surface area contributed by atoms with E-state index in [0.29, 0.717) is 5.25 Å². The van der Waals surface area contributed by atoms with Crippen LogP contribution in [0.1, 0.15) is 31.4 Å². The zero-order valence-corrected chi connectivity index (χ0v) is 9.35. The summed E-state index contributed by atoms with van der Waals surface area (Å²) in [5.41, 5.74) is 2.81. The largest absolute Gasteiger partial charge is 0.176 e. The van der Waals surface area contributed by atoms with E-state index in [1.54, 1.807) is 0 Å². The van der Waals surface area contributed by atoms with E-state index < -0.39 is 0 Å². The van der Waals surface area contributed by atoms with Gasteiger partial charge in [-0.2, -0.15) is 12.6 Å². The molecule has 0 aliphatic rings. The van der Waals surface area contributed by atoms with Crippen molar-refractivity contribution < 1.29 is 0 Å². The van der Waals surface area contributed by atoms with Crippen molar-refractivity contribution in [1.82, 2.24) is 0 Å². The van der Waals surface area contributed by atoms with Crippen LogP contribution in [0.4, 0.5) is 0 Å². The van der Waals surface area contributed by atoms with Crippen molar-refractivity contribution in [2.45, 2.75) is 38.4 Å². The average molecular weight is 194 g/mol.